The summed E-state index contributed by atoms with van der Waals surface area (Å²) < 4.78 is 10.5. The van der Waals surface area contributed by atoms with Crippen molar-refractivity contribution in [3.8, 4) is 5.75 Å². The second kappa shape index (κ2) is 5.37. The first kappa shape index (κ1) is 12.2. The van der Waals surface area contributed by atoms with Crippen LogP contribution in [0.3, 0.4) is 0 Å². The number of carbonyl (C=O) groups is 1. The zero-order valence-electron chi connectivity index (χ0n) is 9.50. The van der Waals surface area contributed by atoms with E-state index in [1.54, 1.807) is 30.3 Å². The molecule has 0 unspecified atom stereocenters. The number of aliphatic hydroxyl groups is 1. The monoisotopic (exact) mass is 248 g/mol. The maximum Gasteiger partial charge on any atom is 0.371 e. The molecule has 18 heavy (non-hydrogen) atoms. The lowest BCUT2D eigenvalue weighted by Crippen LogP contribution is -1.95. The van der Waals surface area contributed by atoms with Crippen molar-refractivity contribution < 1.29 is 24.2 Å². The van der Waals surface area contributed by atoms with Crippen molar-refractivity contribution in [1.29, 1.82) is 0 Å². The first-order valence-corrected chi connectivity index (χ1v) is 5.33. The maximum absolute atomic E-state index is 10.6. The number of carboxylic acid groups (broad SMARTS) is 1. The van der Waals surface area contributed by atoms with Gasteiger partial charge in [-0.3, -0.25) is 0 Å². The molecule has 2 rings (SSSR count). The molecular weight excluding hydrogens is 236 g/mol. The number of hydrogen-bond donors (Lipinski definition) is 2. The van der Waals surface area contributed by atoms with Crippen LogP contribution in [0.25, 0.3) is 0 Å². The van der Waals surface area contributed by atoms with Crippen LogP contribution in [0.4, 0.5) is 0 Å². The van der Waals surface area contributed by atoms with Crippen LogP contribution in [0.1, 0.15) is 21.9 Å². The van der Waals surface area contributed by atoms with Crippen LogP contribution in [0.15, 0.2) is 40.8 Å². The van der Waals surface area contributed by atoms with Crippen molar-refractivity contribution >= 4 is 5.97 Å². The average molecular weight is 248 g/mol. The molecular formula is C13H12O5. The van der Waals surface area contributed by atoms with E-state index in [1.807, 2.05) is 0 Å². The van der Waals surface area contributed by atoms with Crippen molar-refractivity contribution in [1.82, 2.24) is 0 Å². The van der Waals surface area contributed by atoms with Gasteiger partial charge in [0.25, 0.3) is 0 Å². The third kappa shape index (κ3) is 2.89. The number of carboxylic acids is 1. The number of ether oxygens (including phenoxy) is 1. The highest BCUT2D eigenvalue weighted by Gasteiger charge is 2.09. The summed E-state index contributed by atoms with van der Waals surface area (Å²) in [5.41, 5.74) is 0.800. The van der Waals surface area contributed by atoms with Gasteiger partial charge in [0.15, 0.2) is 0 Å². The lowest BCUT2D eigenvalue weighted by Gasteiger charge is -2.04. The fourth-order valence-corrected chi connectivity index (χ4v) is 1.42. The molecule has 0 amide bonds. The second-order valence-electron chi connectivity index (χ2n) is 3.66. The molecule has 0 aliphatic rings. The van der Waals surface area contributed by atoms with Crippen LogP contribution >= 0.6 is 0 Å². The zero-order chi connectivity index (χ0) is 13.0. The molecule has 2 N–H and O–H groups in total. The Morgan fingerprint density at radius 3 is 2.44 bits per heavy atom. The largest absolute Gasteiger partial charge is 0.486 e. The molecule has 2 aromatic rings. The fraction of sp³-hybridized carbons (Fsp3) is 0.154. The normalized spacial score (nSPS) is 10.3. The van der Waals surface area contributed by atoms with E-state index in [2.05, 4.69) is 0 Å². The maximum atomic E-state index is 10.6. The highest BCUT2D eigenvalue weighted by Crippen LogP contribution is 2.15. The van der Waals surface area contributed by atoms with E-state index in [9.17, 15) is 4.79 Å². The smallest absolute Gasteiger partial charge is 0.371 e. The van der Waals surface area contributed by atoms with Gasteiger partial charge in [0.1, 0.15) is 18.1 Å². The summed E-state index contributed by atoms with van der Waals surface area (Å²) in [7, 11) is 0. The molecule has 1 heterocycles. The molecule has 5 nitrogen and oxygen atoms in total. The minimum Gasteiger partial charge on any atom is -0.486 e. The third-order valence-electron chi connectivity index (χ3n) is 2.36. The van der Waals surface area contributed by atoms with Crippen molar-refractivity contribution in [3.63, 3.8) is 0 Å². The lowest BCUT2D eigenvalue weighted by molar-refractivity contribution is 0.0658. The van der Waals surface area contributed by atoms with E-state index >= 15 is 0 Å². The van der Waals surface area contributed by atoms with E-state index in [1.165, 1.54) is 6.07 Å². The third-order valence-corrected chi connectivity index (χ3v) is 2.36. The van der Waals surface area contributed by atoms with Crippen molar-refractivity contribution in [2.45, 2.75) is 13.2 Å². The number of aromatic carboxylic acids is 1. The van der Waals surface area contributed by atoms with Gasteiger partial charge in [0.2, 0.25) is 5.76 Å². The molecule has 0 fully saturated rings. The predicted octanol–water partition coefficient (Wildman–Crippen LogP) is 2.05. The standard InChI is InChI=1S/C13H12O5/c14-7-9-1-3-10(4-2-9)17-8-11-5-6-12(18-11)13(15)16/h1-6,14H,7-8H2,(H,15,16). The van der Waals surface area contributed by atoms with E-state index in [4.69, 9.17) is 19.4 Å². The van der Waals surface area contributed by atoms with Crippen LogP contribution in [0.2, 0.25) is 0 Å². The Morgan fingerprint density at radius 2 is 1.89 bits per heavy atom. The second-order valence-corrected chi connectivity index (χ2v) is 3.66. The number of furan rings is 1. The van der Waals surface area contributed by atoms with Gasteiger partial charge in [-0.05, 0) is 29.8 Å². The van der Waals surface area contributed by atoms with Crippen LogP contribution in [0, 0.1) is 0 Å². The number of rotatable bonds is 5. The van der Waals surface area contributed by atoms with Gasteiger partial charge >= 0.3 is 5.97 Å². The van der Waals surface area contributed by atoms with Gasteiger partial charge in [-0.25, -0.2) is 4.79 Å². The Morgan fingerprint density at radius 1 is 1.17 bits per heavy atom. The Balaban J connectivity index is 1.95. The minimum absolute atomic E-state index is 0.0135. The van der Waals surface area contributed by atoms with Crippen LogP contribution < -0.4 is 4.74 Å². The van der Waals surface area contributed by atoms with Crippen molar-refractivity contribution in [2.24, 2.45) is 0 Å². The summed E-state index contributed by atoms with van der Waals surface area (Å²) in [6.07, 6.45) is 0. The number of aliphatic hydroxyl groups excluding tert-OH is 1. The molecule has 0 atom stereocenters. The molecule has 0 bridgehead atoms. The SMILES string of the molecule is O=C(O)c1ccc(COc2ccc(CO)cc2)o1. The number of benzene rings is 1. The Bertz CT molecular complexity index is 527. The minimum atomic E-state index is -1.10. The van der Waals surface area contributed by atoms with Crippen LogP contribution in [0.5, 0.6) is 5.75 Å². The molecule has 0 saturated heterocycles. The van der Waals surface area contributed by atoms with Crippen molar-refractivity contribution in [2.75, 3.05) is 0 Å². The van der Waals surface area contributed by atoms with Gasteiger partial charge in [0, 0.05) is 0 Å². The first-order valence-electron chi connectivity index (χ1n) is 5.33. The Kier molecular flexibility index (Phi) is 3.64. The van der Waals surface area contributed by atoms with Gasteiger partial charge in [-0.2, -0.15) is 0 Å². The van der Waals surface area contributed by atoms with Crippen LogP contribution in [-0.2, 0) is 13.2 Å². The topological polar surface area (TPSA) is 79.9 Å². The van der Waals surface area contributed by atoms with E-state index in [0.717, 1.165) is 5.56 Å². The van der Waals surface area contributed by atoms with Gasteiger partial charge < -0.3 is 19.4 Å². The molecule has 0 spiro atoms. The van der Waals surface area contributed by atoms with E-state index in [0.29, 0.717) is 11.5 Å². The van der Waals surface area contributed by atoms with Crippen LogP contribution in [-0.4, -0.2) is 16.2 Å². The number of hydrogen-bond acceptors (Lipinski definition) is 4. The molecule has 0 saturated carbocycles. The molecule has 94 valence electrons. The fourth-order valence-electron chi connectivity index (χ4n) is 1.42. The van der Waals surface area contributed by atoms with Crippen molar-refractivity contribution in [3.05, 3.63) is 53.5 Å². The summed E-state index contributed by atoms with van der Waals surface area (Å²) in [6, 6.07) is 9.90. The highest BCUT2D eigenvalue weighted by atomic mass is 16.5. The predicted molar refractivity (Wildman–Crippen MR) is 62.4 cm³/mol. The zero-order valence-corrected chi connectivity index (χ0v) is 9.50. The summed E-state index contributed by atoms with van der Waals surface area (Å²) in [5, 5.41) is 17.6. The quantitative estimate of drug-likeness (QED) is 0.846. The molecule has 0 radical (unpaired) electrons. The molecule has 5 heteroatoms. The lowest BCUT2D eigenvalue weighted by atomic mass is 10.2. The molecule has 1 aromatic heterocycles. The summed E-state index contributed by atoms with van der Waals surface area (Å²) >= 11 is 0. The molecule has 0 aliphatic heterocycles. The van der Waals surface area contributed by atoms with Gasteiger partial charge in [-0.15, -0.1) is 0 Å². The average Bonchev–Trinajstić information content (AvgIpc) is 2.86. The summed E-state index contributed by atoms with van der Waals surface area (Å²) in [6.45, 7) is 0.145. The summed E-state index contributed by atoms with van der Waals surface area (Å²) in [4.78, 5) is 10.6. The first-order chi connectivity index (χ1) is 8.69. The van der Waals surface area contributed by atoms with Gasteiger partial charge in [-0.1, -0.05) is 12.1 Å². The van der Waals surface area contributed by atoms with Gasteiger partial charge in [0.05, 0.1) is 6.61 Å². The molecule has 1 aromatic carbocycles. The Hall–Kier alpha value is -2.27. The Labute approximate surface area is 103 Å². The van der Waals surface area contributed by atoms with E-state index in [-0.39, 0.29) is 19.0 Å². The summed E-state index contributed by atoms with van der Waals surface area (Å²) in [5.74, 6) is -0.142. The molecule has 0 aliphatic carbocycles. The van der Waals surface area contributed by atoms with E-state index < -0.39 is 5.97 Å². The highest BCUT2D eigenvalue weighted by molar-refractivity contribution is 5.84.